The number of esters is 1. The molecule has 3 aliphatic rings. The standard InChI is InChI=1S/C42H49N3O8/c1-41(2,3)53-39(47)43-21-20-29-27-44-37-19-18-34(26-36(29)37)52-40(48)49-28-50-42(30-12-6-4-7-13-30,31-14-8-5-9-15-31)38(46)51-35-24-32-16-17-33(25-35)45(32)22-10-11-23-45/h4-9,12-15,18-19,26-27,32-33,35,44H,10-11,16-17,20-25,28H2,1-3H3/p+1. The van der Waals surface area contributed by atoms with Gasteiger partial charge in [0.1, 0.15) is 17.5 Å². The molecule has 4 aromatic rings. The number of alkyl carbamates (subject to hydrolysis) is 1. The Morgan fingerprint density at radius 1 is 0.868 bits per heavy atom. The lowest BCUT2D eigenvalue weighted by atomic mass is 9.85. The third kappa shape index (κ3) is 7.77. The van der Waals surface area contributed by atoms with E-state index in [2.05, 4.69) is 10.3 Å². The highest BCUT2D eigenvalue weighted by Gasteiger charge is 2.57. The van der Waals surface area contributed by atoms with Crippen LogP contribution >= 0.6 is 0 Å². The van der Waals surface area contributed by atoms with Crippen LogP contribution in [0.4, 0.5) is 9.59 Å². The molecule has 2 N–H and O–H groups in total. The van der Waals surface area contributed by atoms with E-state index in [1.165, 1.54) is 43.3 Å². The molecular weight excluding hydrogens is 674 g/mol. The minimum atomic E-state index is -1.69. The quantitative estimate of drug-likeness (QED) is 0.0536. The van der Waals surface area contributed by atoms with Crippen LogP contribution < -0.4 is 10.1 Å². The number of carbonyl (C=O) groups is 3. The van der Waals surface area contributed by atoms with Crippen molar-refractivity contribution in [1.29, 1.82) is 0 Å². The number of aromatic nitrogens is 1. The zero-order chi connectivity index (χ0) is 37.1. The number of H-pyrrole nitrogens is 1. The van der Waals surface area contributed by atoms with E-state index in [-0.39, 0.29) is 11.9 Å². The van der Waals surface area contributed by atoms with Crippen molar-refractivity contribution in [2.24, 2.45) is 0 Å². The zero-order valence-corrected chi connectivity index (χ0v) is 30.8. The monoisotopic (exact) mass is 724 g/mol. The van der Waals surface area contributed by atoms with Gasteiger partial charge in [0.25, 0.3) is 0 Å². The summed E-state index contributed by atoms with van der Waals surface area (Å²) < 4.78 is 30.4. The summed E-state index contributed by atoms with van der Waals surface area (Å²) in [7, 11) is 0. The second-order valence-electron chi connectivity index (χ2n) is 15.5. The van der Waals surface area contributed by atoms with E-state index in [4.69, 9.17) is 23.7 Å². The van der Waals surface area contributed by atoms with Gasteiger partial charge in [0.15, 0.2) is 6.79 Å². The lowest BCUT2D eigenvalue weighted by molar-refractivity contribution is -0.956. The maximum absolute atomic E-state index is 14.6. The second kappa shape index (κ2) is 15.2. The van der Waals surface area contributed by atoms with E-state index >= 15 is 0 Å². The van der Waals surface area contributed by atoms with Crippen molar-refractivity contribution in [2.45, 2.75) is 95.1 Å². The van der Waals surface area contributed by atoms with E-state index in [1.807, 2.05) is 87.6 Å². The van der Waals surface area contributed by atoms with E-state index in [9.17, 15) is 14.4 Å². The molecule has 3 aliphatic heterocycles. The van der Waals surface area contributed by atoms with Gasteiger partial charge >= 0.3 is 18.2 Å². The van der Waals surface area contributed by atoms with Crippen molar-refractivity contribution in [3.05, 3.63) is 102 Å². The Labute approximate surface area is 310 Å². The van der Waals surface area contributed by atoms with Crippen molar-refractivity contribution in [2.75, 3.05) is 26.4 Å². The Morgan fingerprint density at radius 2 is 1.51 bits per heavy atom. The molecule has 7 rings (SSSR count). The molecule has 3 aromatic carbocycles. The molecule has 0 radical (unpaired) electrons. The summed E-state index contributed by atoms with van der Waals surface area (Å²) in [6.45, 7) is 7.70. The summed E-state index contributed by atoms with van der Waals surface area (Å²) in [6, 6.07) is 24.7. The van der Waals surface area contributed by atoms with Gasteiger partial charge in [0.05, 0.1) is 25.2 Å². The fourth-order valence-corrected chi connectivity index (χ4v) is 8.85. The largest absolute Gasteiger partial charge is 0.515 e. The summed E-state index contributed by atoms with van der Waals surface area (Å²) in [6.07, 6.45) is 7.29. The highest BCUT2D eigenvalue weighted by Crippen LogP contribution is 2.47. The number of aromatic amines is 1. The average Bonchev–Trinajstić information content (AvgIpc) is 3.82. The minimum absolute atomic E-state index is 0.216. The number of carbonyl (C=O) groups excluding carboxylic acids is 3. The molecule has 0 saturated carbocycles. The summed E-state index contributed by atoms with van der Waals surface area (Å²) in [4.78, 5) is 43.0. The number of hydrogen-bond acceptors (Lipinski definition) is 8. The van der Waals surface area contributed by atoms with Crippen LogP contribution in [-0.4, -0.2) is 77.9 Å². The van der Waals surface area contributed by atoms with Gasteiger partial charge in [-0.2, -0.15) is 0 Å². The van der Waals surface area contributed by atoms with Crippen LogP contribution in [0.15, 0.2) is 85.1 Å². The molecule has 0 aliphatic carbocycles. The number of rotatable bonds is 11. The Morgan fingerprint density at radius 3 is 2.13 bits per heavy atom. The van der Waals surface area contributed by atoms with Gasteiger partial charge in [-0.15, -0.1) is 0 Å². The Balaban J connectivity index is 1.04. The summed E-state index contributed by atoms with van der Waals surface area (Å²) in [5.41, 5.74) is 0.639. The van der Waals surface area contributed by atoms with Crippen LogP contribution in [0.25, 0.3) is 10.9 Å². The Hall–Kier alpha value is -4.87. The molecule has 3 fully saturated rings. The predicted octanol–water partition coefficient (Wildman–Crippen LogP) is 7.52. The van der Waals surface area contributed by atoms with Crippen LogP contribution in [-0.2, 0) is 35.8 Å². The van der Waals surface area contributed by atoms with Crippen LogP contribution in [0.5, 0.6) is 5.75 Å². The number of piperidine rings is 1. The predicted molar refractivity (Wildman–Crippen MR) is 198 cm³/mol. The van der Waals surface area contributed by atoms with Crippen LogP contribution in [0, 0.1) is 0 Å². The number of nitrogens with zero attached hydrogens (tertiary/aromatic N) is 1. The molecule has 2 unspecified atom stereocenters. The topological polar surface area (TPSA) is 125 Å². The molecule has 53 heavy (non-hydrogen) atoms. The highest BCUT2D eigenvalue weighted by atomic mass is 16.8. The second-order valence-corrected chi connectivity index (χ2v) is 15.5. The van der Waals surface area contributed by atoms with E-state index in [1.54, 1.807) is 18.2 Å². The minimum Gasteiger partial charge on any atom is -0.459 e. The third-order valence-corrected chi connectivity index (χ3v) is 11.1. The van der Waals surface area contributed by atoms with Crippen LogP contribution in [0.3, 0.4) is 0 Å². The van der Waals surface area contributed by atoms with Crippen LogP contribution in [0.2, 0.25) is 0 Å². The van der Waals surface area contributed by atoms with Crippen molar-refractivity contribution >= 4 is 29.1 Å². The molecule has 4 heterocycles. The third-order valence-electron chi connectivity index (χ3n) is 11.1. The Bertz CT molecular complexity index is 1840. The van der Waals surface area contributed by atoms with Gasteiger partial charge in [-0.1, -0.05) is 60.7 Å². The normalized spacial score (nSPS) is 20.6. The molecule has 1 spiro atoms. The van der Waals surface area contributed by atoms with Crippen molar-refractivity contribution in [3.8, 4) is 5.75 Å². The van der Waals surface area contributed by atoms with Crippen LogP contribution in [0.1, 0.15) is 76.0 Å². The SMILES string of the molecule is CC(C)(C)OC(=O)NCCc1c[nH]c2ccc(OC(=O)OCOC(C(=O)OC3CC4CCC(C3)[N+]43CCCC3)(c3ccccc3)c3ccccc3)cc12. The van der Waals surface area contributed by atoms with Crippen molar-refractivity contribution in [3.63, 3.8) is 0 Å². The van der Waals surface area contributed by atoms with Crippen molar-refractivity contribution in [1.82, 2.24) is 10.3 Å². The van der Waals surface area contributed by atoms with Gasteiger partial charge in [0, 0.05) is 62.2 Å². The molecular formula is C42H50N3O8+. The van der Waals surface area contributed by atoms with Gasteiger partial charge in [0.2, 0.25) is 5.60 Å². The molecule has 2 atom stereocenters. The lowest BCUT2D eigenvalue weighted by Crippen LogP contribution is -2.60. The first kappa shape index (κ1) is 36.5. The maximum Gasteiger partial charge on any atom is 0.515 e. The van der Waals surface area contributed by atoms with Gasteiger partial charge in [-0.05, 0) is 62.1 Å². The summed E-state index contributed by atoms with van der Waals surface area (Å²) in [5, 5.41) is 3.60. The first-order chi connectivity index (χ1) is 25.6. The average molecular weight is 725 g/mol. The fraction of sp³-hybridized carbons (Fsp3) is 0.452. The number of amides is 1. The maximum atomic E-state index is 14.6. The fourth-order valence-electron chi connectivity index (χ4n) is 8.85. The van der Waals surface area contributed by atoms with Gasteiger partial charge < -0.3 is 38.5 Å². The zero-order valence-electron chi connectivity index (χ0n) is 30.8. The van der Waals surface area contributed by atoms with Crippen molar-refractivity contribution < 1.29 is 42.6 Å². The Kier molecular flexibility index (Phi) is 10.5. The number of ether oxygens (including phenoxy) is 5. The smallest absolute Gasteiger partial charge is 0.459 e. The lowest BCUT2D eigenvalue weighted by Gasteiger charge is -2.47. The highest BCUT2D eigenvalue weighted by molar-refractivity contribution is 5.86. The molecule has 1 aromatic heterocycles. The molecule has 3 saturated heterocycles. The first-order valence-electron chi connectivity index (χ1n) is 18.8. The van der Waals surface area contributed by atoms with E-state index in [0.717, 1.165) is 29.3 Å². The van der Waals surface area contributed by atoms with Gasteiger partial charge in [-0.25, -0.2) is 14.4 Å². The van der Waals surface area contributed by atoms with E-state index in [0.29, 0.717) is 36.2 Å². The first-order valence-corrected chi connectivity index (χ1v) is 18.8. The molecule has 11 heteroatoms. The summed E-state index contributed by atoms with van der Waals surface area (Å²) in [5.74, 6) is -0.261. The molecule has 280 valence electrons. The number of hydrogen-bond donors (Lipinski definition) is 2. The van der Waals surface area contributed by atoms with E-state index < -0.39 is 36.2 Å². The summed E-state index contributed by atoms with van der Waals surface area (Å²) >= 11 is 0. The number of benzene rings is 3. The number of quaternary nitrogens is 1. The molecule has 11 nitrogen and oxygen atoms in total. The molecule has 1 amide bonds. The molecule has 2 bridgehead atoms. The van der Waals surface area contributed by atoms with Gasteiger partial charge in [-0.3, -0.25) is 0 Å². The number of fused-ring (bicyclic) bond motifs is 1. The number of nitrogens with one attached hydrogen (secondary N) is 2.